The van der Waals surface area contributed by atoms with Gasteiger partial charge in [0.2, 0.25) is 11.8 Å². The van der Waals surface area contributed by atoms with Gasteiger partial charge in [0, 0.05) is 18.2 Å². The van der Waals surface area contributed by atoms with Gasteiger partial charge in [-0.05, 0) is 30.7 Å². The van der Waals surface area contributed by atoms with Crippen LogP contribution in [0.25, 0.3) is 0 Å². The fraction of sp³-hybridized carbons (Fsp3) is 0.286. The van der Waals surface area contributed by atoms with Crippen molar-refractivity contribution in [2.75, 3.05) is 10.2 Å². The molecule has 0 aromatic heterocycles. The predicted octanol–water partition coefficient (Wildman–Crippen LogP) is 3.15. The van der Waals surface area contributed by atoms with E-state index in [0.717, 1.165) is 17.7 Å². The number of hydrogen-bond acceptors (Lipinski definition) is 3. The SMILES string of the molecule is CC(NC(=O)O)C(C)C(=O)N1c2ccccc2C[C@H]1C(=O)Nc1c(F)cccc1F. The fourth-order valence-corrected chi connectivity index (χ4v) is 3.44. The second kappa shape index (κ2) is 8.48. The molecule has 7 nitrogen and oxygen atoms in total. The summed E-state index contributed by atoms with van der Waals surface area (Å²) in [5.74, 6) is -3.86. The van der Waals surface area contributed by atoms with Gasteiger partial charge in [-0.1, -0.05) is 31.2 Å². The molecule has 3 amide bonds. The van der Waals surface area contributed by atoms with Gasteiger partial charge in [-0.25, -0.2) is 13.6 Å². The summed E-state index contributed by atoms with van der Waals surface area (Å²) in [7, 11) is 0. The number of carbonyl (C=O) groups excluding carboxylic acids is 2. The number of benzene rings is 2. The third-order valence-electron chi connectivity index (χ3n) is 5.22. The molecule has 0 spiro atoms. The lowest BCUT2D eigenvalue weighted by Crippen LogP contribution is -2.51. The number of amides is 3. The van der Waals surface area contributed by atoms with Crippen LogP contribution in [0.1, 0.15) is 19.4 Å². The van der Waals surface area contributed by atoms with Gasteiger partial charge in [-0.3, -0.25) is 14.5 Å². The molecule has 158 valence electrons. The Kier molecular flexibility index (Phi) is 6.00. The largest absolute Gasteiger partial charge is 0.465 e. The van der Waals surface area contributed by atoms with Crippen molar-refractivity contribution in [2.45, 2.75) is 32.4 Å². The first-order chi connectivity index (χ1) is 14.2. The first-order valence-electron chi connectivity index (χ1n) is 9.36. The summed E-state index contributed by atoms with van der Waals surface area (Å²) in [5, 5.41) is 13.4. The molecular weight excluding hydrogens is 396 g/mol. The Balaban J connectivity index is 1.90. The zero-order chi connectivity index (χ0) is 22.0. The monoisotopic (exact) mass is 417 g/mol. The average molecular weight is 417 g/mol. The van der Waals surface area contributed by atoms with Crippen molar-refractivity contribution in [1.82, 2.24) is 5.32 Å². The van der Waals surface area contributed by atoms with Gasteiger partial charge in [0.15, 0.2) is 0 Å². The van der Waals surface area contributed by atoms with Crippen LogP contribution in [0.2, 0.25) is 0 Å². The van der Waals surface area contributed by atoms with E-state index in [9.17, 15) is 23.2 Å². The van der Waals surface area contributed by atoms with Crippen molar-refractivity contribution in [2.24, 2.45) is 5.92 Å². The molecule has 1 aliphatic rings. The van der Waals surface area contributed by atoms with E-state index in [1.165, 1.54) is 11.0 Å². The maximum Gasteiger partial charge on any atom is 0.404 e. The molecule has 2 aromatic carbocycles. The normalized spacial score (nSPS) is 17.1. The minimum atomic E-state index is -1.27. The number of fused-ring (bicyclic) bond motifs is 1. The Labute approximate surface area is 171 Å². The zero-order valence-corrected chi connectivity index (χ0v) is 16.4. The lowest BCUT2D eigenvalue weighted by Gasteiger charge is -2.30. The van der Waals surface area contributed by atoms with Gasteiger partial charge in [0.1, 0.15) is 23.4 Å². The molecule has 9 heteroatoms. The van der Waals surface area contributed by atoms with Crippen LogP contribution in [-0.4, -0.2) is 35.1 Å². The highest BCUT2D eigenvalue weighted by molar-refractivity contribution is 6.08. The summed E-state index contributed by atoms with van der Waals surface area (Å²) >= 11 is 0. The summed E-state index contributed by atoms with van der Waals surface area (Å²) in [6.07, 6.45) is -1.11. The number of nitrogens with one attached hydrogen (secondary N) is 2. The molecule has 1 aliphatic heterocycles. The number of carboxylic acid groups (broad SMARTS) is 1. The van der Waals surface area contributed by atoms with Crippen LogP contribution in [0.4, 0.5) is 25.0 Å². The first kappa shape index (κ1) is 21.2. The predicted molar refractivity (Wildman–Crippen MR) is 106 cm³/mol. The van der Waals surface area contributed by atoms with E-state index >= 15 is 0 Å². The van der Waals surface area contributed by atoms with Gasteiger partial charge in [-0.2, -0.15) is 0 Å². The molecule has 2 aromatic rings. The number of rotatable bonds is 5. The summed E-state index contributed by atoms with van der Waals surface area (Å²) in [6, 6.07) is 8.38. The van der Waals surface area contributed by atoms with Crippen LogP contribution in [0.3, 0.4) is 0 Å². The lowest BCUT2D eigenvalue weighted by atomic mass is 10.0. The number of anilines is 2. The highest BCUT2D eigenvalue weighted by Crippen LogP contribution is 2.34. The average Bonchev–Trinajstić information content (AvgIpc) is 3.08. The minimum Gasteiger partial charge on any atom is -0.465 e. The fourth-order valence-electron chi connectivity index (χ4n) is 3.44. The summed E-state index contributed by atoms with van der Waals surface area (Å²) in [6.45, 7) is 3.10. The summed E-state index contributed by atoms with van der Waals surface area (Å²) < 4.78 is 27.9. The van der Waals surface area contributed by atoms with E-state index in [1.54, 1.807) is 38.1 Å². The second-order valence-electron chi connectivity index (χ2n) is 7.17. The molecule has 3 N–H and O–H groups in total. The Hall–Kier alpha value is -3.49. The number of para-hydroxylation sites is 2. The van der Waals surface area contributed by atoms with Crippen molar-refractivity contribution in [3.05, 3.63) is 59.7 Å². The van der Waals surface area contributed by atoms with Crippen LogP contribution in [0, 0.1) is 17.6 Å². The molecule has 0 fully saturated rings. The zero-order valence-electron chi connectivity index (χ0n) is 16.4. The van der Waals surface area contributed by atoms with Crippen LogP contribution in [0.15, 0.2) is 42.5 Å². The van der Waals surface area contributed by atoms with Gasteiger partial charge in [0.05, 0.1) is 5.92 Å². The molecule has 30 heavy (non-hydrogen) atoms. The maximum atomic E-state index is 14.0. The molecule has 3 rings (SSSR count). The van der Waals surface area contributed by atoms with Crippen molar-refractivity contribution in [3.63, 3.8) is 0 Å². The minimum absolute atomic E-state index is 0.164. The van der Waals surface area contributed by atoms with E-state index in [1.807, 2.05) is 0 Å². The van der Waals surface area contributed by atoms with Crippen LogP contribution < -0.4 is 15.5 Å². The van der Waals surface area contributed by atoms with E-state index in [-0.39, 0.29) is 6.42 Å². The highest BCUT2D eigenvalue weighted by atomic mass is 19.1. The van der Waals surface area contributed by atoms with E-state index in [0.29, 0.717) is 5.69 Å². The Bertz CT molecular complexity index is 978. The second-order valence-corrected chi connectivity index (χ2v) is 7.17. The van der Waals surface area contributed by atoms with Crippen molar-refractivity contribution < 1.29 is 28.3 Å². The van der Waals surface area contributed by atoms with Gasteiger partial charge < -0.3 is 15.7 Å². The molecule has 0 bridgehead atoms. The lowest BCUT2D eigenvalue weighted by molar-refractivity contribution is -0.126. The first-order valence-corrected chi connectivity index (χ1v) is 9.36. The number of hydrogen-bond donors (Lipinski definition) is 3. The Morgan fingerprint density at radius 3 is 2.33 bits per heavy atom. The molecule has 0 aliphatic carbocycles. The van der Waals surface area contributed by atoms with E-state index < -0.39 is 53.2 Å². The topological polar surface area (TPSA) is 98.7 Å². The molecule has 0 saturated carbocycles. The number of carbonyl (C=O) groups is 3. The Morgan fingerprint density at radius 1 is 1.07 bits per heavy atom. The summed E-state index contributed by atoms with van der Waals surface area (Å²) in [5.41, 5.74) is 0.650. The molecule has 3 atom stereocenters. The highest BCUT2D eigenvalue weighted by Gasteiger charge is 2.41. The van der Waals surface area contributed by atoms with E-state index in [4.69, 9.17) is 5.11 Å². The number of halogens is 2. The molecule has 0 saturated heterocycles. The third-order valence-corrected chi connectivity index (χ3v) is 5.22. The van der Waals surface area contributed by atoms with Gasteiger partial charge in [0.25, 0.3) is 0 Å². The molecule has 0 radical (unpaired) electrons. The van der Waals surface area contributed by atoms with Crippen LogP contribution in [0.5, 0.6) is 0 Å². The standard InChI is InChI=1S/C21H21F2N3O4/c1-11(12(2)24-21(29)30)20(28)26-16-9-4-3-6-13(16)10-17(26)19(27)25-18-14(22)7-5-8-15(18)23/h3-9,11-12,17,24H,10H2,1-2H3,(H,25,27)(H,29,30)/t11?,12?,17-/m0/s1. The van der Waals surface area contributed by atoms with Crippen LogP contribution in [-0.2, 0) is 16.0 Å². The maximum absolute atomic E-state index is 14.0. The van der Waals surface area contributed by atoms with Gasteiger partial charge >= 0.3 is 6.09 Å². The summed E-state index contributed by atoms with van der Waals surface area (Å²) in [4.78, 5) is 38.3. The quantitative estimate of drug-likeness (QED) is 0.696. The smallest absolute Gasteiger partial charge is 0.404 e. The molecule has 2 unspecified atom stereocenters. The van der Waals surface area contributed by atoms with Crippen molar-refractivity contribution >= 4 is 29.3 Å². The van der Waals surface area contributed by atoms with Gasteiger partial charge in [-0.15, -0.1) is 0 Å². The van der Waals surface area contributed by atoms with Crippen molar-refractivity contribution in [3.8, 4) is 0 Å². The van der Waals surface area contributed by atoms with Crippen molar-refractivity contribution in [1.29, 1.82) is 0 Å². The molecule has 1 heterocycles. The Morgan fingerprint density at radius 2 is 1.70 bits per heavy atom. The molecular formula is C21H21F2N3O4. The van der Waals surface area contributed by atoms with E-state index in [2.05, 4.69) is 10.6 Å². The number of nitrogens with zero attached hydrogens (tertiary/aromatic N) is 1. The third kappa shape index (κ3) is 4.10. The van der Waals surface area contributed by atoms with Crippen LogP contribution >= 0.6 is 0 Å².